The number of thioether (sulfide) groups is 1. The Labute approximate surface area is 176 Å². The molecule has 2 amide bonds. The number of rotatable bonds is 10. The van der Waals surface area contributed by atoms with Gasteiger partial charge in [0.2, 0.25) is 11.8 Å². The molecule has 1 N–H and O–H groups in total. The molecule has 0 aliphatic carbocycles. The van der Waals surface area contributed by atoms with Crippen LogP contribution in [0.1, 0.15) is 37.0 Å². The summed E-state index contributed by atoms with van der Waals surface area (Å²) >= 11 is 1.53. The Morgan fingerprint density at radius 1 is 1.03 bits per heavy atom. The molecule has 0 radical (unpaired) electrons. The van der Waals surface area contributed by atoms with Gasteiger partial charge in [-0.15, -0.1) is 11.8 Å². The minimum Gasteiger partial charge on any atom is -0.355 e. The number of carbonyl (C=O) groups is 2. The average molecular weight is 417 g/mol. The van der Waals surface area contributed by atoms with Crippen molar-refractivity contribution in [3.63, 3.8) is 0 Å². The standard InChI is InChI=1S/C23H29FN2O2S/c1-4-21(23(28)25-5-2)26(14-18-10-12-20(24)13-11-18)22(27)16-29-15-19-8-6-17(3)7-9-19/h6-13,21H,4-5,14-16H2,1-3H3,(H,25,28)/t21-/m1/s1. The molecule has 2 aromatic rings. The second-order valence-corrected chi connectivity index (χ2v) is 7.93. The van der Waals surface area contributed by atoms with Gasteiger partial charge in [0.25, 0.3) is 0 Å². The molecule has 0 aliphatic rings. The van der Waals surface area contributed by atoms with Crippen LogP contribution in [0.4, 0.5) is 4.39 Å². The van der Waals surface area contributed by atoms with Gasteiger partial charge in [0.15, 0.2) is 0 Å². The van der Waals surface area contributed by atoms with Crippen LogP contribution in [-0.2, 0) is 21.9 Å². The Morgan fingerprint density at radius 3 is 2.24 bits per heavy atom. The lowest BCUT2D eigenvalue weighted by Gasteiger charge is -2.30. The van der Waals surface area contributed by atoms with Gasteiger partial charge in [-0.3, -0.25) is 9.59 Å². The van der Waals surface area contributed by atoms with E-state index < -0.39 is 6.04 Å². The van der Waals surface area contributed by atoms with Crippen LogP contribution < -0.4 is 5.32 Å². The normalized spacial score (nSPS) is 11.7. The number of hydrogen-bond donors (Lipinski definition) is 1. The zero-order chi connectivity index (χ0) is 21.2. The molecule has 0 unspecified atom stereocenters. The molecule has 0 fully saturated rings. The van der Waals surface area contributed by atoms with E-state index in [4.69, 9.17) is 0 Å². The first-order valence-corrected chi connectivity index (χ1v) is 11.0. The van der Waals surface area contributed by atoms with E-state index in [1.165, 1.54) is 29.5 Å². The molecule has 0 spiro atoms. The third kappa shape index (κ3) is 7.20. The number of halogens is 1. The summed E-state index contributed by atoms with van der Waals surface area (Å²) in [5.41, 5.74) is 3.16. The minimum atomic E-state index is -0.549. The molecule has 6 heteroatoms. The average Bonchev–Trinajstić information content (AvgIpc) is 2.71. The lowest BCUT2D eigenvalue weighted by atomic mass is 10.1. The van der Waals surface area contributed by atoms with Crippen molar-refractivity contribution in [3.05, 3.63) is 71.0 Å². The van der Waals surface area contributed by atoms with Gasteiger partial charge in [-0.25, -0.2) is 4.39 Å². The van der Waals surface area contributed by atoms with Gasteiger partial charge in [0.1, 0.15) is 11.9 Å². The molecule has 2 rings (SSSR count). The van der Waals surface area contributed by atoms with Crippen LogP contribution in [0.5, 0.6) is 0 Å². The summed E-state index contributed by atoms with van der Waals surface area (Å²) in [7, 11) is 0. The van der Waals surface area contributed by atoms with Crippen molar-refractivity contribution in [1.29, 1.82) is 0 Å². The van der Waals surface area contributed by atoms with Gasteiger partial charge >= 0.3 is 0 Å². The highest BCUT2D eigenvalue weighted by atomic mass is 32.2. The van der Waals surface area contributed by atoms with E-state index in [-0.39, 0.29) is 29.9 Å². The summed E-state index contributed by atoms with van der Waals surface area (Å²) in [6.07, 6.45) is 0.515. The van der Waals surface area contributed by atoms with Gasteiger partial charge < -0.3 is 10.2 Å². The molecule has 4 nitrogen and oxygen atoms in total. The SMILES string of the molecule is CCNC(=O)[C@@H](CC)N(Cc1ccc(F)cc1)C(=O)CSCc1ccc(C)cc1. The second kappa shape index (κ2) is 11.6. The smallest absolute Gasteiger partial charge is 0.242 e. The maximum atomic E-state index is 13.2. The summed E-state index contributed by atoms with van der Waals surface area (Å²) < 4.78 is 13.2. The molecule has 0 saturated heterocycles. The van der Waals surface area contributed by atoms with Gasteiger partial charge in [0.05, 0.1) is 5.75 Å². The summed E-state index contributed by atoms with van der Waals surface area (Å²) in [5.74, 6) is 0.439. The van der Waals surface area contributed by atoms with E-state index in [9.17, 15) is 14.0 Å². The van der Waals surface area contributed by atoms with Gasteiger partial charge in [-0.05, 0) is 43.5 Å². The molecule has 2 aromatic carbocycles. The lowest BCUT2D eigenvalue weighted by Crippen LogP contribution is -2.49. The number of nitrogens with one attached hydrogen (secondary N) is 1. The first kappa shape index (κ1) is 22.9. The van der Waals surface area contributed by atoms with E-state index in [0.717, 1.165) is 16.9 Å². The molecular formula is C23H29FN2O2S. The topological polar surface area (TPSA) is 49.4 Å². The summed E-state index contributed by atoms with van der Waals surface area (Å²) in [5, 5.41) is 2.81. The molecular weight excluding hydrogens is 387 g/mol. The van der Waals surface area contributed by atoms with Crippen LogP contribution in [0.2, 0.25) is 0 Å². The van der Waals surface area contributed by atoms with Gasteiger partial charge in [0, 0.05) is 18.8 Å². The van der Waals surface area contributed by atoms with E-state index >= 15 is 0 Å². The van der Waals surface area contributed by atoms with Crippen LogP contribution in [0.15, 0.2) is 48.5 Å². The predicted molar refractivity (Wildman–Crippen MR) is 117 cm³/mol. The molecule has 1 atom stereocenters. The van der Waals surface area contributed by atoms with Crippen molar-refractivity contribution in [2.24, 2.45) is 0 Å². The van der Waals surface area contributed by atoms with Crippen molar-refractivity contribution in [2.75, 3.05) is 12.3 Å². The quantitative estimate of drug-likeness (QED) is 0.628. The first-order valence-electron chi connectivity index (χ1n) is 9.89. The zero-order valence-electron chi connectivity index (χ0n) is 17.3. The maximum absolute atomic E-state index is 13.2. The number of amides is 2. The third-order valence-corrected chi connectivity index (χ3v) is 5.61. The molecule has 0 heterocycles. The van der Waals surface area contributed by atoms with E-state index in [1.54, 1.807) is 17.0 Å². The summed E-state index contributed by atoms with van der Waals surface area (Å²) in [6.45, 7) is 6.58. The number of nitrogens with zero attached hydrogens (tertiary/aromatic N) is 1. The molecule has 0 saturated carbocycles. The van der Waals surface area contributed by atoms with E-state index in [2.05, 4.69) is 29.6 Å². The van der Waals surface area contributed by atoms with Crippen molar-refractivity contribution in [3.8, 4) is 0 Å². The van der Waals surface area contributed by atoms with Gasteiger partial charge in [-0.2, -0.15) is 0 Å². The molecule has 29 heavy (non-hydrogen) atoms. The number of likely N-dealkylation sites (N-methyl/N-ethyl adjacent to an activating group) is 1. The second-order valence-electron chi connectivity index (χ2n) is 6.95. The van der Waals surface area contributed by atoms with Crippen molar-refractivity contribution >= 4 is 23.6 Å². The van der Waals surface area contributed by atoms with Crippen molar-refractivity contribution in [2.45, 2.75) is 45.5 Å². The Morgan fingerprint density at radius 2 is 1.66 bits per heavy atom. The van der Waals surface area contributed by atoms with E-state index in [0.29, 0.717) is 13.0 Å². The molecule has 156 valence electrons. The minimum absolute atomic E-state index is 0.0930. The summed E-state index contributed by atoms with van der Waals surface area (Å²) in [6, 6.07) is 13.7. The number of hydrogen-bond acceptors (Lipinski definition) is 3. The Bertz CT molecular complexity index is 794. The Hall–Kier alpha value is -2.34. The molecule has 0 bridgehead atoms. The monoisotopic (exact) mass is 416 g/mol. The lowest BCUT2D eigenvalue weighted by molar-refractivity contribution is -0.139. The van der Waals surface area contributed by atoms with Crippen molar-refractivity contribution < 1.29 is 14.0 Å². The zero-order valence-corrected chi connectivity index (χ0v) is 18.1. The maximum Gasteiger partial charge on any atom is 0.242 e. The fourth-order valence-electron chi connectivity index (χ4n) is 3.02. The number of carbonyl (C=O) groups excluding carboxylic acids is 2. The highest BCUT2D eigenvalue weighted by Crippen LogP contribution is 2.18. The van der Waals surface area contributed by atoms with Crippen LogP contribution in [0.25, 0.3) is 0 Å². The van der Waals surface area contributed by atoms with Crippen LogP contribution in [0, 0.1) is 12.7 Å². The highest BCUT2D eigenvalue weighted by Gasteiger charge is 2.28. The Kier molecular flexibility index (Phi) is 9.19. The van der Waals surface area contributed by atoms with Crippen LogP contribution >= 0.6 is 11.8 Å². The van der Waals surface area contributed by atoms with Crippen LogP contribution in [-0.4, -0.2) is 35.1 Å². The van der Waals surface area contributed by atoms with E-state index in [1.807, 2.05) is 20.8 Å². The molecule has 0 aliphatic heterocycles. The predicted octanol–water partition coefficient (Wildman–Crippen LogP) is 4.31. The third-order valence-electron chi connectivity index (χ3n) is 4.62. The Balaban J connectivity index is 2.08. The first-order chi connectivity index (χ1) is 13.9. The number of benzene rings is 2. The van der Waals surface area contributed by atoms with Crippen molar-refractivity contribution in [1.82, 2.24) is 10.2 Å². The highest BCUT2D eigenvalue weighted by molar-refractivity contribution is 7.99. The van der Waals surface area contributed by atoms with Crippen LogP contribution in [0.3, 0.4) is 0 Å². The largest absolute Gasteiger partial charge is 0.355 e. The number of aryl methyl sites for hydroxylation is 1. The van der Waals surface area contributed by atoms with Gasteiger partial charge in [-0.1, -0.05) is 48.9 Å². The fourth-order valence-corrected chi connectivity index (χ4v) is 3.89. The molecule has 0 aromatic heterocycles. The summed E-state index contributed by atoms with van der Waals surface area (Å²) in [4.78, 5) is 27.2. The fraction of sp³-hybridized carbons (Fsp3) is 0.391.